The standard InChI is InChI=1S/C16H24N6/c1-15-3-2-4-16(19-15)5-6-20-7-9-21(10-8-20)11-12-22-14-17-13-18-22/h2-4,13-14H,5-12H2,1H3. The van der Waals surface area contributed by atoms with Crippen LogP contribution in [0, 0.1) is 6.92 Å². The molecule has 118 valence electrons. The second-order valence-corrected chi connectivity index (χ2v) is 5.86. The summed E-state index contributed by atoms with van der Waals surface area (Å²) in [5, 5.41) is 4.15. The molecule has 0 spiro atoms. The van der Waals surface area contributed by atoms with Gasteiger partial charge in [-0.1, -0.05) is 6.07 Å². The number of aromatic nitrogens is 4. The van der Waals surface area contributed by atoms with Crippen LogP contribution in [-0.4, -0.2) is 68.8 Å². The number of nitrogens with zero attached hydrogens (tertiary/aromatic N) is 6. The fourth-order valence-corrected chi connectivity index (χ4v) is 2.84. The summed E-state index contributed by atoms with van der Waals surface area (Å²) < 4.78 is 1.90. The van der Waals surface area contributed by atoms with E-state index >= 15 is 0 Å². The summed E-state index contributed by atoms with van der Waals surface area (Å²) >= 11 is 0. The molecule has 2 aromatic rings. The van der Waals surface area contributed by atoms with E-state index in [9.17, 15) is 0 Å². The first-order chi connectivity index (χ1) is 10.8. The molecular formula is C16H24N6. The zero-order valence-corrected chi connectivity index (χ0v) is 13.2. The minimum absolute atomic E-state index is 0.924. The van der Waals surface area contributed by atoms with Gasteiger partial charge in [0.25, 0.3) is 0 Å². The summed E-state index contributed by atoms with van der Waals surface area (Å²) in [6, 6.07) is 6.28. The van der Waals surface area contributed by atoms with Gasteiger partial charge in [-0.3, -0.25) is 14.6 Å². The number of aryl methyl sites for hydroxylation is 1. The lowest BCUT2D eigenvalue weighted by Crippen LogP contribution is -2.47. The first kappa shape index (κ1) is 15.1. The zero-order chi connectivity index (χ0) is 15.2. The average molecular weight is 300 g/mol. The molecule has 0 saturated carbocycles. The molecule has 0 atom stereocenters. The van der Waals surface area contributed by atoms with Gasteiger partial charge in [-0.25, -0.2) is 4.98 Å². The molecule has 22 heavy (non-hydrogen) atoms. The molecule has 0 bridgehead atoms. The summed E-state index contributed by atoms with van der Waals surface area (Å²) in [4.78, 5) is 13.6. The van der Waals surface area contributed by atoms with Gasteiger partial charge in [-0.2, -0.15) is 5.10 Å². The highest BCUT2D eigenvalue weighted by Crippen LogP contribution is 2.05. The van der Waals surface area contributed by atoms with Gasteiger partial charge in [-0.05, 0) is 19.1 Å². The van der Waals surface area contributed by atoms with E-state index in [1.807, 2.05) is 4.68 Å². The summed E-state index contributed by atoms with van der Waals surface area (Å²) in [6.45, 7) is 9.69. The van der Waals surface area contributed by atoms with E-state index in [2.05, 4.69) is 50.0 Å². The summed E-state index contributed by atoms with van der Waals surface area (Å²) in [6.07, 6.45) is 4.42. The smallest absolute Gasteiger partial charge is 0.137 e. The molecule has 0 N–H and O–H groups in total. The Morgan fingerprint density at radius 2 is 1.77 bits per heavy atom. The molecule has 2 aromatic heterocycles. The molecule has 1 fully saturated rings. The second-order valence-electron chi connectivity index (χ2n) is 5.86. The summed E-state index contributed by atoms with van der Waals surface area (Å²) in [5.41, 5.74) is 2.31. The third kappa shape index (κ3) is 4.35. The van der Waals surface area contributed by atoms with Crippen molar-refractivity contribution < 1.29 is 0 Å². The fourth-order valence-electron chi connectivity index (χ4n) is 2.84. The lowest BCUT2D eigenvalue weighted by atomic mass is 10.2. The molecule has 6 nitrogen and oxygen atoms in total. The molecular weight excluding hydrogens is 276 g/mol. The van der Waals surface area contributed by atoms with Gasteiger partial charge in [0, 0.05) is 57.1 Å². The lowest BCUT2D eigenvalue weighted by molar-refractivity contribution is 0.129. The summed E-state index contributed by atoms with van der Waals surface area (Å²) in [7, 11) is 0. The molecule has 3 heterocycles. The SMILES string of the molecule is Cc1cccc(CCN2CCN(CCn3cncn3)CC2)n1. The highest BCUT2D eigenvalue weighted by atomic mass is 15.3. The Morgan fingerprint density at radius 3 is 2.45 bits per heavy atom. The predicted molar refractivity (Wildman–Crippen MR) is 85.6 cm³/mol. The van der Waals surface area contributed by atoms with Crippen LogP contribution >= 0.6 is 0 Å². The second kappa shape index (κ2) is 7.47. The summed E-state index contributed by atoms with van der Waals surface area (Å²) in [5.74, 6) is 0. The van der Waals surface area contributed by atoms with Crippen molar-refractivity contribution in [2.45, 2.75) is 19.9 Å². The molecule has 1 aliphatic rings. The Morgan fingerprint density at radius 1 is 1.00 bits per heavy atom. The molecule has 1 saturated heterocycles. The highest BCUT2D eigenvalue weighted by molar-refractivity contribution is 5.10. The Labute approximate surface area is 131 Å². The molecule has 0 aliphatic carbocycles. The number of rotatable bonds is 6. The number of hydrogen-bond donors (Lipinski definition) is 0. The molecule has 0 unspecified atom stereocenters. The van der Waals surface area contributed by atoms with Crippen LogP contribution in [0.3, 0.4) is 0 Å². The Bertz CT molecular complexity index is 560. The van der Waals surface area contributed by atoms with Crippen molar-refractivity contribution in [1.82, 2.24) is 29.5 Å². The van der Waals surface area contributed by atoms with Crippen molar-refractivity contribution in [3.05, 3.63) is 42.2 Å². The van der Waals surface area contributed by atoms with Gasteiger partial charge in [0.1, 0.15) is 12.7 Å². The number of piperazine rings is 1. The molecule has 0 radical (unpaired) electrons. The van der Waals surface area contributed by atoms with Crippen molar-refractivity contribution in [1.29, 1.82) is 0 Å². The van der Waals surface area contributed by atoms with Gasteiger partial charge < -0.3 is 4.90 Å². The first-order valence-electron chi connectivity index (χ1n) is 7.99. The normalized spacial score (nSPS) is 17.0. The minimum atomic E-state index is 0.924. The molecule has 3 rings (SSSR count). The predicted octanol–water partition coefficient (Wildman–Crippen LogP) is 0.842. The third-order valence-corrected chi connectivity index (χ3v) is 4.21. The van der Waals surface area contributed by atoms with E-state index in [-0.39, 0.29) is 0 Å². The van der Waals surface area contributed by atoms with E-state index in [0.29, 0.717) is 0 Å². The van der Waals surface area contributed by atoms with Crippen LogP contribution in [0.15, 0.2) is 30.9 Å². The molecule has 0 aromatic carbocycles. The van der Waals surface area contributed by atoms with Crippen LogP contribution in [0.5, 0.6) is 0 Å². The first-order valence-corrected chi connectivity index (χ1v) is 7.99. The van der Waals surface area contributed by atoms with E-state index in [4.69, 9.17) is 0 Å². The Kier molecular flexibility index (Phi) is 5.13. The monoisotopic (exact) mass is 300 g/mol. The largest absolute Gasteiger partial charge is 0.300 e. The van der Waals surface area contributed by atoms with E-state index in [1.54, 1.807) is 12.7 Å². The van der Waals surface area contributed by atoms with Crippen LogP contribution in [0.25, 0.3) is 0 Å². The Hall–Kier alpha value is -1.79. The van der Waals surface area contributed by atoms with Crippen LogP contribution in [0.4, 0.5) is 0 Å². The quantitative estimate of drug-likeness (QED) is 0.791. The van der Waals surface area contributed by atoms with Crippen molar-refractivity contribution in [3.8, 4) is 0 Å². The van der Waals surface area contributed by atoms with Crippen LogP contribution in [-0.2, 0) is 13.0 Å². The zero-order valence-electron chi connectivity index (χ0n) is 13.2. The topological polar surface area (TPSA) is 50.1 Å². The van der Waals surface area contributed by atoms with Gasteiger partial charge in [-0.15, -0.1) is 0 Å². The number of hydrogen-bond acceptors (Lipinski definition) is 5. The fraction of sp³-hybridized carbons (Fsp3) is 0.562. The van der Waals surface area contributed by atoms with Crippen molar-refractivity contribution in [2.75, 3.05) is 39.3 Å². The van der Waals surface area contributed by atoms with Gasteiger partial charge in [0.05, 0.1) is 6.54 Å². The van der Waals surface area contributed by atoms with Crippen molar-refractivity contribution in [3.63, 3.8) is 0 Å². The van der Waals surface area contributed by atoms with Crippen LogP contribution in [0.1, 0.15) is 11.4 Å². The minimum Gasteiger partial charge on any atom is -0.300 e. The van der Waals surface area contributed by atoms with E-state index in [0.717, 1.165) is 57.9 Å². The van der Waals surface area contributed by atoms with Gasteiger partial charge in [0.2, 0.25) is 0 Å². The van der Waals surface area contributed by atoms with Crippen molar-refractivity contribution >= 4 is 0 Å². The molecule has 6 heteroatoms. The number of pyridine rings is 1. The lowest BCUT2D eigenvalue weighted by Gasteiger charge is -2.34. The van der Waals surface area contributed by atoms with Crippen LogP contribution in [0.2, 0.25) is 0 Å². The van der Waals surface area contributed by atoms with Crippen molar-refractivity contribution in [2.24, 2.45) is 0 Å². The van der Waals surface area contributed by atoms with E-state index < -0.39 is 0 Å². The average Bonchev–Trinajstić information content (AvgIpc) is 3.05. The van der Waals surface area contributed by atoms with Crippen LogP contribution < -0.4 is 0 Å². The van der Waals surface area contributed by atoms with E-state index in [1.165, 1.54) is 5.69 Å². The Balaban J connectivity index is 1.36. The maximum absolute atomic E-state index is 4.58. The third-order valence-electron chi connectivity index (χ3n) is 4.21. The van der Waals surface area contributed by atoms with Gasteiger partial charge in [0.15, 0.2) is 0 Å². The molecule has 0 amide bonds. The maximum Gasteiger partial charge on any atom is 0.137 e. The maximum atomic E-state index is 4.58. The van der Waals surface area contributed by atoms with Gasteiger partial charge >= 0.3 is 0 Å². The molecule has 1 aliphatic heterocycles. The highest BCUT2D eigenvalue weighted by Gasteiger charge is 2.16.